The number of hydrogen-bond acceptors (Lipinski definition) is 2. The molecule has 0 saturated heterocycles. The summed E-state index contributed by atoms with van der Waals surface area (Å²) in [7, 11) is 0. The second-order valence-electron chi connectivity index (χ2n) is 3.55. The monoisotopic (exact) mass is 216 g/mol. The van der Waals surface area contributed by atoms with Crippen molar-refractivity contribution in [3.8, 4) is 11.8 Å². The number of rotatable bonds is 2. The van der Waals surface area contributed by atoms with Gasteiger partial charge in [0, 0.05) is 5.56 Å². The van der Waals surface area contributed by atoms with Crippen molar-refractivity contribution in [1.82, 2.24) is 0 Å². The molecule has 16 heavy (non-hydrogen) atoms. The Bertz CT molecular complexity index is 416. The minimum Gasteiger partial charge on any atom is -0.465 e. The van der Waals surface area contributed by atoms with Gasteiger partial charge in [-0.05, 0) is 31.9 Å². The van der Waals surface area contributed by atoms with E-state index in [-0.39, 0.29) is 12.4 Å². The van der Waals surface area contributed by atoms with E-state index in [0.29, 0.717) is 6.61 Å². The molecule has 0 unspecified atom stereocenters. The van der Waals surface area contributed by atoms with Gasteiger partial charge >= 0.3 is 5.97 Å². The summed E-state index contributed by atoms with van der Waals surface area (Å²) in [6.07, 6.45) is 0.154. The Balaban J connectivity index is 2.74. The summed E-state index contributed by atoms with van der Waals surface area (Å²) in [6, 6.07) is 6.03. The molecule has 0 spiro atoms. The van der Waals surface area contributed by atoms with Crippen molar-refractivity contribution in [2.24, 2.45) is 0 Å². The van der Waals surface area contributed by atoms with Gasteiger partial charge in [-0.3, -0.25) is 4.79 Å². The molecule has 0 bridgehead atoms. The van der Waals surface area contributed by atoms with E-state index in [9.17, 15) is 4.79 Å². The highest BCUT2D eigenvalue weighted by Crippen LogP contribution is 2.11. The Hall–Kier alpha value is -1.75. The zero-order chi connectivity index (χ0) is 12.0. The van der Waals surface area contributed by atoms with Crippen LogP contribution in [0.4, 0.5) is 0 Å². The SMILES string of the molecule is CCOC(=O)CC#Cc1c(C)cccc1C. The summed E-state index contributed by atoms with van der Waals surface area (Å²) < 4.78 is 4.80. The predicted molar refractivity (Wildman–Crippen MR) is 64.0 cm³/mol. The van der Waals surface area contributed by atoms with Crippen molar-refractivity contribution >= 4 is 5.97 Å². The molecule has 0 aliphatic rings. The van der Waals surface area contributed by atoms with Crippen LogP contribution in [0, 0.1) is 25.7 Å². The molecule has 0 aliphatic heterocycles. The Labute approximate surface area is 96.6 Å². The summed E-state index contributed by atoms with van der Waals surface area (Å²) in [4.78, 5) is 11.1. The largest absolute Gasteiger partial charge is 0.465 e. The van der Waals surface area contributed by atoms with E-state index in [0.717, 1.165) is 16.7 Å². The Morgan fingerprint density at radius 2 is 1.94 bits per heavy atom. The maximum atomic E-state index is 11.1. The van der Waals surface area contributed by atoms with Crippen LogP contribution in [0.25, 0.3) is 0 Å². The van der Waals surface area contributed by atoms with Gasteiger partial charge in [-0.2, -0.15) is 0 Å². The van der Waals surface area contributed by atoms with Crippen molar-refractivity contribution in [3.05, 3.63) is 34.9 Å². The van der Waals surface area contributed by atoms with Crippen LogP contribution in [-0.4, -0.2) is 12.6 Å². The van der Waals surface area contributed by atoms with Crippen LogP contribution in [0.15, 0.2) is 18.2 Å². The molecule has 1 aromatic carbocycles. The first kappa shape index (κ1) is 12.3. The maximum Gasteiger partial charge on any atom is 0.317 e. The lowest BCUT2D eigenvalue weighted by atomic mass is 10.0. The lowest BCUT2D eigenvalue weighted by Crippen LogP contribution is -2.01. The molecule has 0 heterocycles. The van der Waals surface area contributed by atoms with Gasteiger partial charge in [0.2, 0.25) is 0 Å². The quantitative estimate of drug-likeness (QED) is 0.561. The van der Waals surface area contributed by atoms with E-state index < -0.39 is 0 Å². The first-order valence-corrected chi connectivity index (χ1v) is 5.36. The Kier molecular flexibility index (Phi) is 4.60. The van der Waals surface area contributed by atoms with Gasteiger partial charge in [0.25, 0.3) is 0 Å². The Morgan fingerprint density at radius 3 is 2.50 bits per heavy atom. The van der Waals surface area contributed by atoms with E-state index in [4.69, 9.17) is 4.74 Å². The predicted octanol–water partition coefficient (Wildman–Crippen LogP) is 2.61. The summed E-state index contributed by atoms with van der Waals surface area (Å²) in [6.45, 7) is 6.23. The van der Waals surface area contributed by atoms with E-state index in [1.165, 1.54) is 0 Å². The lowest BCUT2D eigenvalue weighted by molar-refractivity contribution is -0.141. The highest BCUT2D eigenvalue weighted by Gasteiger charge is 1.99. The first-order chi connectivity index (χ1) is 7.65. The summed E-state index contributed by atoms with van der Waals surface area (Å²) in [5.74, 6) is 5.60. The zero-order valence-electron chi connectivity index (χ0n) is 9.96. The smallest absolute Gasteiger partial charge is 0.317 e. The van der Waals surface area contributed by atoms with Crippen LogP contribution in [0.3, 0.4) is 0 Å². The van der Waals surface area contributed by atoms with Gasteiger partial charge in [0.1, 0.15) is 6.42 Å². The number of aryl methyl sites for hydroxylation is 2. The normalized spacial score (nSPS) is 9.19. The third kappa shape index (κ3) is 3.43. The fourth-order valence-corrected chi connectivity index (χ4v) is 1.43. The molecule has 0 atom stereocenters. The van der Waals surface area contributed by atoms with Gasteiger partial charge in [0.15, 0.2) is 0 Å². The highest BCUT2D eigenvalue weighted by molar-refractivity contribution is 5.72. The maximum absolute atomic E-state index is 11.1. The molecule has 0 amide bonds. The van der Waals surface area contributed by atoms with Crippen LogP contribution in [0.1, 0.15) is 30.0 Å². The number of esters is 1. The Morgan fingerprint density at radius 1 is 1.31 bits per heavy atom. The second-order valence-corrected chi connectivity index (χ2v) is 3.55. The van der Waals surface area contributed by atoms with Crippen LogP contribution in [0.2, 0.25) is 0 Å². The standard InChI is InChI=1S/C14H16O2/c1-4-16-14(15)10-6-9-13-11(2)7-5-8-12(13)3/h5,7-8H,4,10H2,1-3H3. The van der Waals surface area contributed by atoms with Crippen molar-refractivity contribution in [1.29, 1.82) is 0 Å². The minimum absolute atomic E-state index is 0.154. The average Bonchev–Trinajstić information content (AvgIpc) is 2.23. The molecule has 0 radical (unpaired) electrons. The van der Waals surface area contributed by atoms with E-state index in [1.807, 2.05) is 32.0 Å². The molecular weight excluding hydrogens is 200 g/mol. The molecule has 1 rings (SSSR count). The number of benzene rings is 1. The van der Waals surface area contributed by atoms with Gasteiger partial charge in [0.05, 0.1) is 6.61 Å². The van der Waals surface area contributed by atoms with Crippen LogP contribution < -0.4 is 0 Å². The summed E-state index contributed by atoms with van der Waals surface area (Å²) in [5.41, 5.74) is 3.28. The summed E-state index contributed by atoms with van der Waals surface area (Å²) >= 11 is 0. The van der Waals surface area contributed by atoms with Gasteiger partial charge < -0.3 is 4.74 Å². The van der Waals surface area contributed by atoms with Gasteiger partial charge in [-0.25, -0.2) is 0 Å². The van der Waals surface area contributed by atoms with Crippen LogP contribution >= 0.6 is 0 Å². The molecule has 0 aliphatic carbocycles. The first-order valence-electron chi connectivity index (χ1n) is 5.36. The van der Waals surface area contributed by atoms with Gasteiger partial charge in [-0.1, -0.05) is 30.0 Å². The lowest BCUT2D eigenvalue weighted by Gasteiger charge is -2.01. The molecule has 0 aromatic heterocycles. The molecule has 2 heteroatoms. The van der Waals surface area contributed by atoms with Crippen LogP contribution in [0.5, 0.6) is 0 Å². The molecule has 0 fully saturated rings. The molecular formula is C14H16O2. The average molecular weight is 216 g/mol. The van der Waals surface area contributed by atoms with Crippen molar-refractivity contribution in [2.75, 3.05) is 6.61 Å². The fourth-order valence-electron chi connectivity index (χ4n) is 1.43. The summed E-state index contributed by atoms with van der Waals surface area (Å²) in [5, 5.41) is 0. The fraction of sp³-hybridized carbons (Fsp3) is 0.357. The van der Waals surface area contributed by atoms with Gasteiger partial charge in [-0.15, -0.1) is 0 Å². The van der Waals surface area contributed by atoms with E-state index >= 15 is 0 Å². The van der Waals surface area contributed by atoms with E-state index in [2.05, 4.69) is 11.8 Å². The molecule has 0 N–H and O–H groups in total. The molecule has 2 nitrogen and oxygen atoms in total. The van der Waals surface area contributed by atoms with Crippen molar-refractivity contribution in [3.63, 3.8) is 0 Å². The molecule has 84 valence electrons. The highest BCUT2D eigenvalue weighted by atomic mass is 16.5. The number of carbonyl (C=O) groups is 1. The number of ether oxygens (including phenoxy) is 1. The second kappa shape index (κ2) is 5.97. The molecule has 0 saturated carbocycles. The van der Waals surface area contributed by atoms with Crippen molar-refractivity contribution in [2.45, 2.75) is 27.2 Å². The number of carbonyl (C=O) groups excluding carboxylic acids is 1. The van der Waals surface area contributed by atoms with E-state index in [1.54, 1.807) is 6.92 Å². The zero-order valence-corrected chi connectivity index (χ0v) is 9.96. The van der Waals surface area contributed by atoms with Crippen molar-refractivity contribution < 1.29 is 9.53 Å². The topological polar surface area (TPSA) is 26.3 Å². The third-order valence-electron chi connectivity index (χ3n) is 2.23. The van der Waals surface area contributed by atoms with Crippen LogP contribution in [-0.2, 0) is 9.53 Å². The third-order valence-corrected chi connectivity index (χ3v) is 2.23. The molecule has 1 aromatic rings. The minimum atomic E-state index is -0.263. The number of hydrogen-bond donors (Lipinski definition) is 0.